The number of hydrogen-bond donors (Lipinski definition) is 1. The van der Waals surface area contributed by atoms with Gasteiger partial charge in [0, 0.05) is 16.3 Å². The van der Waals surface area contributed by atoms with Crippen molar-refractivity contribution in [2.75, 3.05) is 39.7 Å². The van der Waals surface area contributed by atoms with Gasteiger partial charge in [0.15, 0.2) is 11.5 Å². The molecule has 5 rings (SSSR count). The van der Waals surface area contributed by atoms with E-state index in [4.69, 9.17) is 19.2 Å². The van der Waals surface area contributed by atoms with E-state index in [1.807, 2.05) is 13.0 Å². The molecule has 2 aromatic heterocycles. The summed E-state index contributed by atoms with van der Waals surface area (Å²) in [5.74, 6) is 3.24. The summed E-state index contributed by atoms with van der Waals surface area (Å²) in [4.78, 5) is 14.1. The molecule has 182 valence electrons. The summed E-state index contributed by atoms with van der Waals surface area (Å²) in [6, 6.07) is 15.0. The van der Waals surface area contributed by atoms with Gasteiger partial charge in [-0.3, -0.25) is 0 Å². The molecule has 2 aromatic carbocycles. The minimum absolute atomic E-state index is 0.0476. The smallest absolute Gasteiger partial charge is 0.206 e. The molecule has 0 saturated carbocycles. The molecule has 0 spiro atoms. The standard InChI is InChI=1S/C27H30N4O3S/c1-16(22-10-11-23(35-22)19-9-7-6-8-18(19)15-31(3)4)28-27-20-14-21(32-5)25-26(34-13-12-33-25)24(20)29-17(2)30-27/h6-11,14,16H,12-13,15H2,1-5H3,(H,28,29,30)/t16-/m1/s1. The molecule has 3 heterocycles. The van der Waals surface area contributed by atoms with Crippen LogP contribution in [0.2, 0.25) is 0 Å². The number of ether oxygens (including phenoxy) is 3. The Labute approximate surface area is 209 Å². The van der Waals surface area contributed by atoms with Gasteiger partial charge in [-0.05, 0) is 57.3 Å². The second-order valence-electron chi connectivity index (χ2n) is 8.91. The van der Waals surface area contributed by atoms with Gasteiger partial charge in [0.05, 0.1) is 18.5 Å². The Balaban J connectivity index is 1.49. The highest BCUT2D eigenvalue weighted by molar-refractivity contribution is 7.15. The van der Waals surface area contributed by atoms with Crippen molar-refractivity contribution in [2.24, 2.45) is 0 Å². The number of hydrogen-bond acceptors (Lipinski definition) is 8. The Morgan fingerprint density at radius 1 is 1.09 bits per heavy atom. The van der Waals surface area contributed by atoms with E-state index in [0.717, 1.165) is 23.3 Å². The van der Waals surface area contributed by atoms with Crippen LogP contribution in [0, 0.1) is 6.92 Å². The Kier molecular flexibility index (Phi) is 6.49. The van der Waals surface area contributed by atoms with Crippen molar-refractivity contribution in [2.45, 2.75) is 26.4 Å². The van der Waals surface area contributed by atoms with Crippen LogP contribution in [-0.4, -0.2) is 49.3 Å². The minimum atomic E-state index is 0.0476. The first-order valence-electron chi connectivity index (χ1n) is 11.7. The maximum Gasteiger partial charge on any atom is 0.206 e. The topological polar surface area (TPSA) is 68.7 Å². The zero-order chi connectivity index (χ0) is 24.5. The third-order valence-electron chi connectivity index (χ3n) is 5.95. The van der Waals surface area contributed by atoms with Crippen molar-refractivity contribution in [3.05, 3.63) is 58.7 Å². The van der Waals surface area contributed by atoms with Crippen LogP contribution in [0.15, 0.2) is 42.5 Å². The van der Waals surface area contributed by atoms with E-state index in [9.17, 15) is 0 Å². The van der Waals surface area contributed by atoms with Crippen LogP contribution in [-0.2, 0) is 6.54 Å². The molecule has 1 aliphatic rings. The number of aryl methyl sites for hydroxylation is 1. The molecule has 1 aliphatic heterocycles. The maximum atomic E-state index is 5.95. The fraction of sp³-hybridized carbons (Fsp3) is 0.333. The molecule has 0 amide bonds. The molecule has 8 heteroatoms. The fourth-order valence-corrected chi connectivity index (χ4v) is 5.44. The van der Waals surface area contributed by atoms with E-state index < -0.39 is 0 Å². The monoisotopic (exact) mass is 490 g/mol. The van der Waals surface area contributed by atoms with Crippen LogP contribution in [0.5, 0.6) is 17.2 Å². The molecule has 7 nitrogen and oxygen atoms in total. The SMILES string of the molecule is COc1cc2c(N[C@H](C)c3ccc(-c4ccccc4CN(C)C)s3)nc(C)nc2c2c1OCCO2. The zero-order valence-electron chi connectivity index (χ0n) is 20.7. The zero-order valence-corrected chi connectivity index (χ0v) is 21.5. The van der Waals surface area contributed by atoms with Crippen LogP contribution >= 0.6 is 11.3 Å². The number of nitrogens with zero attached hydrogens (tertiary/aromatic N) is 3. The summed E-state index contributed by atoms with van der Waals surface area (Å²) in [7, 11) is 5.82. The van der Waals surface area contributed by atoms with E-state index in [0.29, 0.717) is 36.3 Å². The molecular formula is C27H30N4O3S. The van der Waals surface area contributed by atoms with Crippen LogP contribution in [0.25, 0.3) is 21.3 Å². The first-order chi connectivity index (χ1) is 16.9. The quantitative estimate of drug-likeness (QED) is 0.357. The lowest BCUT2D eigenvalue weighted by Crippen LogP contribution is -2.17. The molecular weight excluding hydrogens is 460 g/mol. The van der Waals surface area contributed by atoms with Gasteiger partial charge >= 0.3 is 0 Å². The van der Waals surface area contributed by atoms with E-state index in [1.165, 1.54) is 20.9 Å². The fourth-order valence-electron chi connectivity index (χ4n) is 4.37. The van der Waals surface area contributed by atoms with Crippen molar-refractivity contribution < 1.29 is 14.2 Å². The van der Waals surface area contributed by atoms with Crippen molar-refractivity contribution in [3.8, 4) is 27.7 Å². The van der Waals surface area contributed by atoms with Gasteiger partial charge in [-0.15, -0.1) is 11.3 Å². The molecule has 1 N–H and O–H groups in total. The normalized spacial score (nSPS) is 13.8. The number of aromatic nitrogens is 2. The molecule has 0 saturated heterocycles. The Bertz CT molecular complexity index is 1370. The third kappa shape index (κ3) is 4.63. The number of anilines is 1. The van der Waals surface area contributed by atoms with Gasteiger partial charge < -0.3 is 24.4 Å². The van der Waals surface area contributed by atoms with Crippen LogP contribution < -0.4 is 19.5 Å². The maximum absolute atomic E-state index is 5.95. The van der Waals surface area contributed by atoms with Gasteiger partial charge in [-0.25, -0.2) is 9.97 Å². The number of nitrogens with one attached hydrogen (secondary N) is 1. The number of methoxy groups -OCH3 is 1. The molecule has 0 aliphatic carbocycles. The second-order valence-corrected chi connectivity index (χ2v) is 10.0. The minimum Gasteiger partial charge on any atom is -0.493 e. The van der Waals surface area contributed by atoms with Crippen LogP contribution in [0.1, 0.15) is 29.2 Å². The van der Waals surface area contributed by atoms with E-state index in [1.54, 1.807) is 18.4 Å². The summed E-state index contributed by atoms with van der Waals surface area (Å²) in [5.41, 5.74) is 3.33. The predicted octanol–water partition coefficient (Wildman–Crippen LogP) is 5.68. The number of thiophene rings is 1. The number of rotatable bonds is 7. The number of fused-ring (bicyclic) bond motifs is 3. The molecule has 35 heavy (non-hydrogen) atoms. The van der Waals surface area contributed by atoms with E-state index >= 15 is 0 Å². The lowest BCUT2D eigenvalue weighted by Gasteiger charge is -2.23. The Morgan fingerprint density at radius 3 is 2.63 bits per heavy atom. The average Bonchev–Trinajstić information content (AvgIpc) is 3.34. The van der Waals surface area contributed by atoms with Crippen molar-refractivity contribution in [1.82, 2.24) is 14.9 Å². The highest BCUT2D eigenvalue weighted by atomic mass is 32.1. The van der Waals surface area contributed by atoms with Crippen molar-refractivity contribution in [3.63, 3.8) is 0 Å². The van der Waals surface area contributed by atoms with Gasteiger partial charge in [-0.1, -0.05) is 24.3 Å². The lowest BCUT2D eigenvalue weighted by atomic mass is 10.1. The Hall–Kier alpha value is -3.36. The van der Waals surface area contributed by atoms with Crippen LogP contribution in [0.3, 0.4) is 0 Å². The van der Waals surface area contributed by atoms with Gasteiger partial charge in [0.1, 0.15) is 30.4 Å². The lowest BCUT2D eigenvalue weighted by molar-refractivity contribution is 0.167. The summed E-state index contributed by atoms with van der Waals surface area (Å²) < 4.78 is 17.4. The number of benzene rings is 2. The average molecular weight is 491 g/mol. The highest BCUT2D eigenvalue weighted by Crippen LogP contribution is 2.46. The van der Waals surface area contributed by atoms with Crippen LogP contribution in [0.4, 0.5) is 5.82 Å². The van der Waals surface area contributed by atoms with Crippen molar-refractivity contribution >= 4 is 28.1 Å². The highest BCUT2D eigenvalue weighted by Gasteiger charge is 2.24. The van der Waals surface area contributed by atoms with Gasteiger partial charge in [0.25, 0.3) is 0 Å². The summed E-state index contributed by atoms with van der Waals surface area (Å²) in [6.07, 6.45) is 0. The first kappa shape index (κ1) is 23.4. The van der Waals surface area contributed by atoms with Gasteiger partial charge in [-0.2, -0.15) is 0 Å². The molecule has 0 radical (unpaired) electrons. The largest absolute Gasteiger partial charge is 0.493 e. The molecule has 0 fully saturated rings. The molecule has 1 atom stereocenters. The second kappa shape index (κ2) is 9.71. The van der Waals surface area contributed by atoms with Crippen molar-refractivity contribution in [1.29, 1.82) is 0 Å². The predicted molar refractivity (Wildman–Crippen MR) is 141 cm³/mol. The summed E-state index contributed by atoms with van der Waals surface area (Å²) in [5, 5.41) is 4.46. The van der Waals surface area contributed by atoms with E-state index in [2.05, 4.69) is 72.6 Å². The summed E-state index contributed by atoms with van der Waals surface area (Å²) in [6.45, 7) is 5.91. The third-order valence-corrected chi connectivity index (χ3v) is 7.25. The van der Waals surface area contributed by atoms with E-state index in [-0.39, 0.29) is 6.04 Å². The molecule has 0 bridgehead atoms. The summed E-state index contributed by atoms with van der Waals surface area (Å²) >= 11 is 1.80. The molecule has 4 aromatic rings. The first-order valence-corrected chi connectivity index (χ1v) is 12.5. The molecule has 0 unspecified atom stereocenters. The van der Waals surface area contributed by atoms with Gasteiger partial charge in [0.2, 0.25) is 5.75 Å². The Morgan fingerprint density at radius 2 is 1.86 bits per heavy atom.